The van der Waals surface area contributed by atoms with Crippen LogP contribution in [0, 0.1) is 18.3 Å². The third-order valence-corrected chi connectivity index (χ3v) is 3.16. The molecular formula is C16H12N2. The van der Waals surface area contributed by atoms with Crippen molar-refractivity contribution in [2.75, 3.05) is 0 Å². The number of aryl methyl sites for hydroxylation is 1. The third-order valence-electron chi connectivity index (χ3n) is 3.16. The fraction of sp³-hybridized carbons (Fsp3) is 0.0625. The van der Waals surface area contributed by atoms with Crippen LogP contribution in [0.1, 0.15) is 11.3 Å². The van der Waals surface area contributed by atoms with Crippen molar-refractivity contribution in [3.8, 4) is 11.8 Å². The maximum atomic E-state index is 9.22. The van der Waals surface area contributed by atoms with Gasteiger partial charge >= 0.3 is 0 Å². The molecule has 2 heteroatoms. The van der Waals surface area contributed by atoms with Crippen LogP contribution in [-0.4, -0.2) is 4.57 Å². The number of para-hydroxylation sites is 2. The van der Waals surface area contributed by atoms with Crippen LogP contribution in [0.5, 0.6) is 0 Å². The van der Waals surface area contributed by atoms with Crippen LogP contribution in [0.4, 0.5) is 0 Å². The molecule has 0 aliphatic heterocycles. The molecule has 18 heavy (non-hydrogen) atoms. The van der Waals surface area contributed by atoms with Gasteiger partial charge in [0, 0.05) is 11.1 Å². The Hall–Kier alpha value is -2.53. The highest BCUT2D eigenvalue weighted by Gasteiger charge is 2.09. The minimum Gasteiger partial charge on any atom is -0.313 e. The monoisotopic (exact) mass is 232 g/mol. The minimum absolute atomic E-state index is 0.696. The first kappa shape index (κ1) is 10.6. The van der Waals surface area contributed by atoms with Gasteiger partial charge in [0.05, 0.1) is 16.8 Å². The molecule has 0 unspecified atom stereocenters. The second-order valence-corrected chi connectivity index (χ2v) is 4.31. The van der Waals surface area contributed by atoms with E-state index in [1.165, 1.54) is 5.39 Å². The molecule has 0 amide bonds. The molecule has 0 aliphatic rings. The first-order chi connectivity index (χ1) is 8.81. The van der Waals surface area contributed by atoms with Gasteiger partial charge in [-0.3, -0.25) is 0 Å². The zero-order valence-corrected chi connectivity index (χ0v) is 10.1. The molecule has 0 spiro atoms. The van der Waals surface area contributed by atoms with Gasteiger partial charge in [0.1, 0.15) is 6.07 Å². The highest BCUT2D eigenvalue weighted by molar-refractivity contribution is 5.83. The number of fused-ring (bicyclic) bond motifs is 1. The van der Waals surface area contributed by atoms with Gasteiger partial charge in [-0.1, -0.05) is 30.3 Å². The molecule has 0 N–H and O–H groups in total. The van der Waals surface area contributed by atoms with Gasteiger partial charge in [0.25, 0.3) is 0 Å². The van der Waals surface area contributed by atoms with E-state index in [0.717, 1.165) is 16.9 Å². The van der Waals surface area contributed by atoms with Crippen LogP contribution in [0.15, 0.2) is 54.6 Å². The van der Waals surface area contributed by atoms with Crippen molar-refractivity contribution >= 4 is 10.9 Å². The van der Waals surface area contributed by atoms with Crippen LogP contribution < -0.4 is 0 Å². The van der Waals surface area contributed by atoms with E-state index >= 15 is 0 Å². The van der Waals surface area contributed by atoms with Gasteiger partial charge < -0.3 is 4.57 Å². The Morgan fingerprint density at radius 1 is 1.00 bits per heavy atom. The normalized spacial score (nSPS) is 10.4. The van der Waals surface area contributed by atoms with Gasteiger partial charge in [0.2, 0.25) is 0 Å². The Balaban J connectivity index is 2.39. The molecule has 0 fully saturated rings. The highest BCUT2D eigenvalue weighted by Crippen LogP contribution is 2.25. The number of nitrogens with zero attached hydrogens (tertiary/aromatic N) is 2. The lowest BCUT2D eigenvalue weighted by atomic mass is 10.2. The SMILES string of the molecule is Cc1cc2ccccc2n1-c1ccccc1C#N. The zero-order chi connectivity index (χ0) is 12.5. The summed E-state index contributed by atoms with van der Waals surface area (Å²) < 4.78 is 2.13. The summed E-state index contributed by atoms with van der Waals surface area (Å²) in [6.45, 7) is 2.06. The topological polar surface area (TPSA) is 28.7 Å². The van der Waals surface area contributed by atoms with Crippen LogP contribution in [0.3, 0.4) is 0 Å². The predicted octanol–water partition coefficient (Wildman–Crippen LogP) is 3.81. The highest BCUT2D eigenvalue weighted by atomic mass is 15.0. The number of hydrogen-bond donors (Lipinski definition) is 0. The summed E-state index contributed by atoms with van der Waals surface area (Å²) in [6.07, 6.45) is 0. The average molecular weight is 232 g/mol. The molecule has 3 rings (SSSR count). The fourth-order valence-corrected chi connectivity index (χ4v) is 2.38. The third kappa shape index (κ3) is 1.49. The fourth-order valence-electron chi connectivity index (χ4n) is 2.38. The van der Waals surface area contributed by atoms with Crippen molar-refractivity contribution < 1.29 is 0 Å². The Labute approximate surface area is 106 Å². The van der Waals surface area contributed by atoms with E-state index in [2.05, 4.69) is 35.8 Å². The summed E-state index contributed by atoms with van der Waals surface area (Å²) in [5.41, 5.74) is 3.91. The van der Waals surface area contributed by atoms with Gasteiger partial charge in [-0.25, -0.2) is 0 Å². The van der Waals surface area contributed by atoms with E-state index < -0.39 is 0 Å². The largest absolute Gasteiger partial charge is 0.313 e. The molecule has 0 saturated heterocycles. The van der Waals surface area contributed by atoms with Crippen LogP contribution in [0.25, 0.3) is 16.6 Å². The van der Waals surface area contributed by atoms with Crippen LogP contribution in [-0.2, 0) is 0 Å². The van der Waals surface area contributed by atoms with E-state index in [-0.39, 0.29) is 0 Å². The Kier molecular flexibility index (Phi) is 2.39. The number of hydrogen-bond acceptors (Lipinski definition) is 1. The summed E-state index contributed by atoms with van der Waals surface area (Å²) in [4.78, 5) is 0. The lowest BCUT2D eigenvalue weighted by molar-refractivity contribution is 1.05. The standard InChI is InChI=1S/C16H12N2/c1-12-10-13-6-2-4-8-15(13)18(12)16-9-5-3-7-14(16)11-17/h2-10H,1H3. The number of nitriles is 1. The van der Waals surface area contributed by atoms with Crippen LogP contribution >= 0.6 is 0 Å². The summed E-state index contributed by atoms with van der Waals surface area (Å²) in [6, 6.07) is 20.3. The molecule has 2 nitrogen and oxygen atoms in total. The molecule has 1 aromatic heterocycles. The lowest BCUT2D eigenvalue weighted by Gasteiger charge is -2.09. The van der Waals surface area contributed by atoms with Crippen molar-refractivity contribution in [1.29, 1.82) is 5.26 Å². The number of benzene rings is 2. The summed E-state index contributed by atoms with van der Waals surface area (Å²) in [5.74, 6) is 0. The summed E-state index contributed by atoms with van der Waals surface area (Å²) in [5, 5.41) is 10.4. The minimum atomic E-state index is 0.696. The molecule has 0 radical (unpaired) electrons. The van der Waals surface area contributed by atoms with E-state index in [1.54, 1.807) is 0 Å². The molecule has 2 aromatic carbocycles. The molecule has 3 aromatic rings. The maximum absolute atomic E-state index is 9.22. The van der Waals surface area contributed by atoms with Crippen molar-refractivity contribution in [2.45, 2.75) is 6.92 Å². The van der Waals surface area contributed by atoms with Crippen molar-refractivity contribution in [3.63, 3.8) is 0 Å². The van der Waals surface area contributed by atoms with E-state index in [4.69, 9.17) is 0 Å². The first-order valence-corrected chi connectivity index (χ1v) is 5.88. The molecule has 86 valence electrons. The molecule has 1 heterocycles. The molecule has 0 saturated carbocycles. The Morgan fingerprint density at radius 2 is 1.72 bits per heavy atom. The lowest BCUT2D eigenvalue weighted by Crippen LogP contribution is -1.98. The quantitative estimate of drug-likeness (QED) is 0.627. The second-order valence-electron chi connectivity index (χ2n) is 4.31. The molecule has 0 aliphatic carbocycles. The number of aromatic nitrogens is 1. The van der Waals surface area contributed by atoms with Crippen molar-refractivity contribution in [1.82, 2.24) is 4.57 Å². The Bertz CT molecular complexity index is 760. The predicted molar refractivity (Wildman–Crippen MR) is 72.7 cm³/mol. The van der Waals surface area contributed by atoms with E-state index in [0.29, 0.717) is 5.56 Å². The second kappa shape index (κ2) is 4.05. The number of rotatable bonds is 1. The smallest absolute Gasteiger partial charge is 0.101 e. The van der Waals surface area contributed by atoms with Crippen molar-refractivity contribution in [3.05, 3.63) is 65.9 Å². The van der Waals surface area contributed by atoms with Gasteiger partial charge in [-0.05, 0) is 31.2 Å². The van der Waals surface area contributed by atoms with Gasteiger partial charge in [-0.15, -0.1) is 0 Å². The van der Waals surface area contributed by atoms with E-state index in [9.17, 15) is 5.26 Å². The molecular weight excluding hydrogens is 220 g/mol. The maximum Gasteiger partial charge on any atom is 0.101 e. The average Bonchev–Trinajstić information content (AvgIpc) is 2.74. The van der Waals surface area contributed by atoms with Gasteiger partial charge in [-0.2, -0.15) is 5.26 Å². The van der Waals surface area contributed by atoms with Crippen molar-refractivity contribution in [2.24, 2.45) is 0 Å². The first-order valence-electron chi connectivity index (χ1n) is 5.88. The van der Waals surface area contributed by atoms with E-state index in [1.807, 2.05) is 36.4 Å². The summed E-state index contributed by atoms with van der Waals surface area (Å²) >= 11 is 0. The zero-order valence-electron chi connectivity index (χ0n) is 10.1. The Morgan fingerprint density at radius 3 is 2.56 bits per heavy atom. The molecule has 0 atom stereocenters. The van der Waals surface area contributed by atoms with Crippen LogP contribution in [0.2, 0.25) is 0 Å². The molecule has 0 bridgehead atoms. The summed E-state index contributed by atoms with van der Waals surface area (Å²) in [7, 11) is 0. The van der Waals surface area contributed by atoms with Gasteiger partial charge in [0.15, 0.2) is 0 Å².